The molecule has 0 amide bonds. The van der Waals surface area contributed by atoms with Gasteiger partial charge in [0.1, 0.15) is 0 Å². The summed E-state index contributed by atoms with van der Waals surface area (Å²) in [4.78, 5) is 0. The minimum Gasteiger partial charge on any atom is -0.317 e. The lowest BCUT2D eigenvalue weighted by atomic mass is 10.1. The van der Waals surface area contributed by atoms with E-state index in [1.54, 1.807) is 0 Å². The highest BCUT2D eigenvalue weighted by atomic mass is 32.2. The Morgan fingerprint density at radius 1 is 1.20 bits per heavy atom. The van der Waals surface area contributed by atoms with E-state index in [4.69, 9.17) is 0 Å². The van der Waals surface area contributed by atoms with Crippen LogP contribution in [0, 0.1) is 0 Å². The Bertz CT molecular complexity index is 502. The second-order valence-electron chi connectivity index (χ2n) is 5.40. The van der Waals surface area contributed by atoms with Gasteiger partial charge in [-0.05, 0) is 37.9 Å². The van der Waals surface area contributed by atoms with E-state index in [0.29, 0.717) is 12.3 Å². The molecule has 0 aliphatic heterocycles. The molecule has 0 radical (unpaired) electrons. The molecule has 20 heavy (non-hydrogen) atoms. The summed E-state index contributed by atoms with van der Waals surface area (Å²) in [6.07, 6.45) is 2.65. The van der Waals surface area contributed by atoms with Gasteiger partial charge in [-0.3, -0.25) is 0 Å². The summed E-state index contributed by atoms with van der Waals surface area (Å²) in [5, 5.41) is 3.22. The van der Waals surface area contributed by atoms with Crippen LogP contribution in [-0.2, 0) is 10.0 Å². The Kier molecular flexibility index (Phi) is 5.57. The Balaban J connectivity index is 1.71. The number of benzene rings is 1. The van der Waals surface area contributed by atoms with E-state index in [0.717, 1.165) is 25.9 Å². The number of sulfonamides is 1. The normalized spacial score (nSPS) is 21.9. The summed E-state index contributed by atoms with van der Waals surface area (Å²) in [7, 11) is -3.14. The van der Waals surface area contributed by atoms with E-state index in [-0.39, 0.29) is 11.8 Å². The van der Waals surface area contributed by atoms with Crippen LogP contribution >= 0.6 is 0 Å². The van der Waals surface area contributed by atoms with Gasteiger partial charge in [0.05, 0.1) is 5.75 Å². The summed E-state index contributed by atoms with van der Waals surface area (Å²) in [5.74, 6) is 0.561. The molecule has 0 aromatic heterocycles. The van der Waals surface area contributed by atoms with Crippen molar-refractivity contribution >= 4 is 10.0 Å². The molecule has 1 aromatic rings. The lowest BCUT2D eigenvalue weighted by Crippen LogP contribution is -2.30. The number of hydrogen-bond acceptors (Lipinski definition) is 3. The molecule has 1 aliphatic rings. The maximum absolute atomic E-state index is 12.0. The zero-order chi connectivity index (χ0) is 14.4. The molecule has 5 heteroatoms. The quantitative estimate of drug-likeness (QED) is 0.684. The highest BCUT2D eigenvalue weighted by Crippen LogP contribution is 2.40. The fourth-order valence-corrected chi connectivity index (χ4v) is 3.74. The molecule has 1 fully saturated rings. The molecule has 4 nitrogen and oxygen atoms in total. The molecule has 0 saturated heterocycles. The average Bonchev–Trinajstić information content (AvgIpc) is 3.18. The van der Waals surface area contributed by atoms with Gasteiger partial charge >= 0.3 is 0 Å². The average molecular weight is 296 g/mol. The fourth-order valence-electron chi connectivity index (χ4n) is 2.37. The van der Waals surface area contributed by atoms with Crippen molar-refractivity contribution in [3.63, 3.8) is 0 Å². The van der Waals surface area contributed by atoms with Gasteiger partial charge < -0.3 is 5.32 Å². The smallest absolute Gasteiger partial charge is 0.211 e. The van der Waals surface area contributed by atoms with Gasteiger partial charge in [-0.1, -0.05) is 37.3 Å². The third-order valence-electron chi connectivity index (χ3n) is 3.54. The largest absolute Gasteiger partial charge is 0.317 e. The van der Waals surface area contributed by atoms with Gasteiger partial charge in [-0.25, -0.2) is 13.1 Å². The Hall–Kier alpha value is -0.910. The number of hydrogen-bond donors (Lipinski definition) is 2. The monoisotopic (exact) mass is 296 g/mol. The van der Waals surface area contributed by atoms with E-state index in [9.17, 15) is 8.42 Å². The molecule has 2 unspecified atom stereocenters. The summed E-state index contributed by atoms with van der Waals surface area (Å²) < 4.78 is 26.7. The first-order valence-electron chi connectivity index (χ1n) is 7.38. The molecule has 0 heterocycles. The van der Waals surface area contributed by atoms with Crippen LogP contribution in [0.5, 0.6) is 0 Å². The molecule has 2 atom stereocenters. The van der Waals surface area contributed by atoms with Crippen LogP contribution in [0.4, 0.5) is 0 Å². The molecular formula is C15H24N2O2S. The van der Waals surface area contributed by atoms with E-state index in [1.165, 1.54) is 5.56 Å². The second-order valence-corrected chi connectivity index (χ2v) is 7.27. The molecule has 0 bridgehead atoms. The van der Waals surface area contributed by atoms with Crippen LogP contribution in [0.15, 0.2) is 30.3 Å². The first-order valence-corrected chi connectivity index (χ1v) is 9.03. The number of rotatable bonds is 9. The zero-order valence-corrected chi connectivity index (χ0v) is 12.8. The van der Waals surface area contributed by atoms with Crippen LogP contribution in [0.3, 0.4) is 0 Å². The minimum atomic E-state index is -3.14. The molecule has 112 valence electrons. The van der Waals surface area contributed by atoms with Gasteiger partial charge in [-0.15, -0.1) is 0 Å². The predicted octanol–water partition coefficient (Wildman–Crippen LogP) is 1.85. The standard InChI is InChI=1S/C15H24N2O2S/c1-2-9-16-10-6-11-20(18,19)17-15-12-14(15)13-7-4-3-5-8-13/h3-5,7-8,14-17H,2,6,9-12H2,1H3. The Labute approximate surface area is 122 Å². The van der Waals surface area contributed by atoms with Gasteiger partial charge in [0, 0.05) is 12.0 Å². The van der Waals surface area contributed by atoms with Crippen molar-refractivity contribution in [1.82, 2.24) is 10.0 Å². The van der Waals surface area contributed by atoms with Crippen molar-refractivity contribution in [3.8, 4) is 0 Å². The van der Waals surface area contributed by atoms with Crippen molar-refractivity contribution in [2.75, 3.05) is 18.8 Å². The highest BCUT2D eigenvalue weighted by Gasteiger charge is 2.40. The molecule has 0 spiro atoms. The first-order chi connectivity index (χ1) is 9.62. The van der Waals surface area contributed by atoms with E-state index in [1.807, 2.05) is 18.2 Å². The maximum Gasteiger partial charge on any atom is 0.211 e. The summed E-state index contributed by atoms with van der Waals surface area (Å²) in [5.41, 5.74) is 1.23. The van der Waals surface area contributed by atoms with Gasteiger partial charge in [0.15, 0.2) is 0 Å². The van der Waals surface area contributed by atoms with E-state index in [2.05, 4.69) is 29.1 Å². The molecule has 1 saturated carbocycles. The zero-order valence-electron chi connectivity index (χ0n) is 12.0. The van der Waals surface area contributed by atoms with Crippen molar-refractivity contribution in [2.24, 2.45) is 0 Å². The molecule has 2 rings (SSSR count). The highest BCUT2D eigenvalue weighted by molar-refractivity contribution is 7.89. The lowest BCUT2D eigenvalue weighted by molar-refractivity contribution is 0.573. The second kappa shape index (κ2) is 7.20. The molecule has 1 aromatic carbocycles. The maximum atomic E-state index is 12.0. The SMILES string of the molecule is CCCNCCCS(=O)(=O)NC1CC1c1ccccc1. The third-order valence-corrected chi connectivity index (χ3v) is 5.03. The van der Waals surface area contributed by atoms with Crippen LogP contribution in [0.2, 0.25) is 0 Å². The van der Waals surface area contributed by atoms with Crippen LogP contribution in [-0.4, -0.2) is 33.3 Å². The van der Waals surface area contributed by atoms with E-state index >= 15 is 0 Å². The van der Waals surface area contributed by atoms with Crippen molar-refractivity contribution in [2.45, 2.75) is 38.1 Å². The Morgan fingerprint density at radius 2 is 1.95 bits per heavy atom. The summed E-state index contributed by atoms with van der Waals surface area (Å²) in [6.45, 7) is 3.82. The van der Waals surface area contributed by atoms with Crippen molar-refractivity contribution in [3.05, 3.63) is 35.9 Å². The number of nitrogens with one attached hydrogen (secondary N) is 2. The van der Waals surface area contributed by atoms with Gasteiger partial charge in [0.25, 0.3) is 0 Å². The fraction of sp³-hybridized carbons (Fsp3) is 0.600. The predicted molar refractivity (Wildman–Crippen MR) is 82.3 cm³/mol. The third kappa shape index (κ3) is 4.89. The molecule has 1 aliphatic carbocycles. The van der Waals surface area contributed by atoms with E-state index < -0.39 is 10.0 Å². The molecule has 2 N–H and O–H groups in total. The van der Waals surface area contributed by atoms with Crippen LogP contribution in [0.1, 0.15) is 37.7 Å². The summed E-state index contributed by atoms with van der Waals surface area (Å²) >= 11 is 0. The lowest BCUT2D eigenvalue weighted by Gasteiger charge is -2.07. The molecular weight excluding hydrogens is 272 g/mol. The van der Waals surface area contributed by atoms with Crippen molar-refractivity contribution < 1.29 is 8.42 Å². The Morgan fingerprint density at radius 3 is 2.65 bits per heavy atom. The minimum absolute atomic E-state index is 0.0889. The van der Waals surface area contributed by atoms with Gasteiger partial charge in [0.2, 0.25) is 10.0 Å². The van der Waals surface area contributed by atoms with Crippen LogP contribution in [0.25, 0.3) is 0 Å². The summed E-state index contributed by atoms with van der Waals surface area (Å²) in [6, 6.07) is 10.2. The topological polar surface area (TPSA) is 58.2 Å². The first kappa shape index (κ1) is 15.5. The van der Waals surface area contributed by atoms with Gasteiger partial charge in [-0.2, -0.15) is 0 Å². The van der Waals surface area contributed by atoms with Crippen molar-refractivity contribution in [1.29, 1.82) is 0 Å². The van der Waals surface area contributed by atoms with Crippen LogP contribution < -0.4 is 10.0 Å².